The number of hydrogen-bond acceptors (Lipinski definition) is 3. The maximum absolute atomic E-state index is 12.5. The van der Waals surface area contributed by atoms with Gasteiger partial charge in [-0.2, -0.15) is 5.10 Å². The minimum atomic E-state index is -0.529. The molecule has 0 fully saturated rings. The van der Waals surface area contributed by atoms with Gasteiger partial charge in [0.05, 0.1) is 12.1 Å². The summed E-state index contributed by atoms with van der Waals surface area (Å²) in [4.78, 5) is 25.1. The Morgan fingerprint density at radius 1 is 1.35 bits per heavy atom. The van der Waals surface area contributed by atoms with E-state index in [9.17, 15) is 9.59 Å². The number of aromatic amines is 1. The number of benzene rings is 1. The molecule has 6 nitrogen and oxygen atoms in total. The van der Waals surface area contributed by atoms with Crippen molar-refractivity contribution in [3.8, 4) is 0 Å². The summed E-state index contributed by atoms with van der Waals surface area (Å²) in [6.45, 7) is 4.31. The van der Waals surface area contributed by atoms with Gasteiger partial charge in [-0.1, -0.05) is 32.0 Å². The van der Waals surface area contributed by atoms with Gasteiger partial charge in [0.1, 0.15) is 0 Å². The Balaban J connectivity index is 2.33. The van der Waals surface area contributed by atoms with Crippen molar-refractivity contribution in [1.29, 1.82) is 0 Å². The predicted molar refractivity (Wildman–Crippen MR) is 76.0 cm³/mol. The van der Waals surface area contributed by atoms with E-state index in [4.69, 9.17) is 5.73 Å². The lowest BCUT2D eigenvalue weighted by molar-refractivity contribution is -0.118. The number of carbonyl (C=O) groups is 2. The molecule has 0 aliphatic heterocycles. The highest BCUT2D eigenvalue weighted by Gasteiger charge is 2.22. The number of fused-ring (bicyclic) bond motifs is 1. The third-order valence-corrected chi connectivity index (χ3v) is 2.89. The van der Waals surface area contributed by atoms with Gasteiger partial charge in [-0.15, -0.1) is 0 Å². The molecule has 0 radical (unpaired) electrons. The Labute approximate surface area is 116 Å². The molecule has 20 heavy (non-hydrogen) atoms. The molecule has 0 saturated heterocycles. The van der Waals surface area contributed by atoms with Crippen molar-refractivity contribution in [2.24, 2.45) is 11.7 Å². The Morgan fingerprint density at radius 3 is 2.70 bits per heavy atom. The van der Waals surface area contributed by atoms with E-state index in [1.165, 1.54) is 4.90 Å². The van der Waals surface area contributed by atoms with Crippen molar-refractivity contribution in [2.45, 2.75) is 13.8 Å². The molecule has 1 heterocycles. The van der Waals surface area contributed by atoms with Gasteiger partial charge in [-0.3, -0.25) is 14.7 Å². The highest BCUT2D eigenvalue weighted by atomic mass is 16.2. The molecule has 0 unspecified atom stereocenters. The largest absolute Gasteiger partial charge is 0.368 e. The molecular formula is C14H18N4O2. The minimum Gasteiger partial charge on any atom is -0.368 e. The zero-order valence-corrected chi connectivity index (χ0v) is 11.6. The van der Waals surface area contributed by atoms with Crippen molar-refractivity contribution < 1.29 is 9.59 Å². The number of amides is 2. The lowest BCUT2D eigenvalue weighted by Crippen LogP contribution is -2.40. The number of carbonyl (C=O) groups excluding carboxylic acids is 2. The summed E-state index contributed by atoms with van der Waals surface area (Å²) in [5.74, 6) is -0.572. The van der Waals surface area contributed by atoms with Gasteiger partial charge in [0.2, 0.25) is 5.91 Å². The third kappa shape index (κ3) is 2.96. The summed E-state index contributed by atoms with van der Waals surface area (Å²) in [5.41, 5.74) is 6.32. The fraction of sp³-hybridized carbons (Fsp3) is 0.357. The van der Waals surface area contributed by atoms with Crippen molar-refractivity contribution in [1.82, 2.24) is 15.1 Å². The molecule has 3 N–H and O–H groups in total. The molecule has 2 rings (SSSR count). The molecule has 0 aliphatic carbocycles. The van der Waals surface area contributed by atoms with Crippen LogP contribution in [0.25, 0.3) is 10.9 Å². The van der Waals surface area contributed by atoms with Crippen LogP contribution in [-0.2, 0) is 4.79 Å². The molecule has 0 spiro atoms. The number of nitrogens with zero attached hydrogens (tertiary/aromatic N) is 2. The summed E-state index contributed by atoms with van der Waals surface area (Å²) >= 11 is 0. The molecule has 0 saturated carbocycles. The summed E-state index contributed by atoms with van der Waals surface area (Å²) in [5, 5.41) is 7.63. The van der Waals surface area contributed by atoms with Crippen LogP contribution in [0, 0.1) is 5.92 Å². The summed E-state index contributed by atoms with van der Waals surface area (Å²) in [6.07, 6.45) is 0. The number of primary amides is 1. The van der Waals surface area contributed by atoms with Crippen LogP contribution in [0.15, 0.2) is 24.3 Å². The van der Waals surface area contributed by atoms with E-state index >= 15 is 0 Å². The average molecular weight is 274 g/mol. The van der Waals surface area contributed by atoms with Gasteiger partial charge in [0.15, 0.2) is 5.69 Å². The van der Waals surface area contributed by atoms with Crippen LogP contribution in [0.4, 0.5) is 0 Å². The predicted octanol–water partition coefficient (Wildman–Crippen LogP) is 1.15. The standard InChI is InChI=1S/C14H18N4O2/c1-9(2)7-18(8-12(15)19)14(20)13-10-5-3-4-6-11(10)16-17-13/h3-6,9H,7-8H2,1-2H3,(H2,15,19)(H,16,17). The number of aromatic nitrogens is 2. The van der Waals surface area contributed by atoms with E-state index in [0.29, 0.717) is 12.2 Å². The number of nitrogens with two attached hydrogens (primary N) is 1. The normalized spacial score (nSPS) is 10.9. The second-order valence-corrected chi connectivity index (χ2v) is 5.16. The van der Waals surface area contributed by atoms with Crippen molar-refractivity contribution in [3.05, 3.63) is 30.0 Å². The first-order chi connectivity index (χ1) is 9.49. The van der Waals surface area contributed by atoms with E-state index in [2.05, 4.69) is 10.2 Å². The van der Waals surface area contributed by atoms with Crippen LogP contribution < -0.4 is 5.73 Å². The van der Waals surface area contributed by atoms with Gasteiger partial charge in [0, 0.05) is 11.9 Å². The highest BCUT2D eigenvalue weighted by Crippen LogP contribution is 2.17. The lowest BCUT2D eigenvalue weighted by atomic mass is 10.1. The van der Waals surface area contributed by atoms with Crippen LogP contribution in [0.3, 0.4) is 0 Å². The zero-order chi connectivity index (χ0) is 14.7. The number of nitrogens with one attached hydrogen (secondary N) is 1. The lowest BCUT2D eigenvalue weighted by Gasteiger charge is -2.22. The van der Waals surface area contributed by atoms with E-state index in [-0.39, 0.29) is 18.4 Å². The van der Waals surface area contributed by atoms with Crippen molar-refractivity contribution >= 4 is 22.7 Å². The molecule has 0 atom stereocenters. The van der Waals surface area contributed by atoms with Crippen molar-refractivity contribution in [3.63, 3.8) is 0 Å². The first-order valence-electron chi connectivity index (χ1n) is 6.49. The Bertz CT molecular complexity index is 633. The molecule has 6 heteroatoms. The van der Waals surface area contributed by atoms with Gasteiger partial charge >= 0.3 is 0 Å². The summed E-state index contributed by atoms with van der Waals surface area (Å²) in [7, 11) is 0. The summed E-state index contributed by atoms with van der Waals surface area (Å²) in [6, 6.07) is 7.38. The maximum Gasteiger partial charge on any atom is 0.275 e. The van der Waals surface area contributed by atoms with E-state index in [1.54, 1.807) is 0 Å². The Hall–Kier alpha value is -2.37. The SMILES string of the molecule is CC(C)CN(CC(N)=O)C(=O)c1n[nH]c2ccccc12. The molecule has 106 valence electrons. The maximum atomic E-state index is 12.5. The van der Waals surface area contributed by atoms with Crippen LogP contribution in [-0.4, -0.2) is 40.0 Å². The number of hydrogen-bond donors (Lipinski definition) is 2. The van der Waals surface area contributed by atoms with Crippen LogP contribution in [0.2, 0.25) is 0 Å². The molecule has 1 aromatic heterocycles. The molecular weight excluding hydrogens is 256 g/mol. The smallest absolute Gasteiger partial charge is 0.275 e. The molecule has 2 amide bonds. The number of rotatable bonds is 5. The first-order valence-corrected chi connectivity index (χ1v) is 6.49. The fourth-order valence-electron chi connectivity index (χ4n) is 2.12. The highest BCUT2D eigenvalue weighted by molar-refractivity contribution is 6.05. The topological polar surface area (TPSA) is 92.1 Å². The Kier molecular flexibility index (Phi) is 4.02. The number of para-hydroxylation sites is 1. The van der Waals surface area contributed by atoms with Crippen molar-refractivity contribution in [2.75, 3.05) is 13.1 Å². The summed E-state index contributed by atoms with van der Waals surface area (Å²) < 4.78 is 0. The van der Waals surface area contributed by atoms with E-state index in [1.807, 2.05) is 38.1 Å². The monoisotopic (exact) mass is 274 g/mol. The second-order valence-electron chi connectivity index (χ2n) is 5.16. The zero-order valence-electron chi connectivity index (χ0n) is 11.6. The minimum absolute atomic E-state index is 0.0990. The van der Waals surface area contributed by atoms with Crippen LogP contribution >= 0.6 is 0 Å². The quantitative estimate of drug-likeness (QED) is 0.856. The average Bonchev–Trinajstić information content (AvgIpc) is 2.79. The molecule has 0 aliphatic rings. The van der Waals surface area contributed by atoms with E-state index < -0.39 is 5.91 Å². The van der Waals surface area contributed by atoms with Gasteiger partial charge in [0.25, 0.3) is 5.91 Å². The van der Waals surface area contributed by atoms with Gasteiger partial charge in [-0.25, -0.2) is 0 Å². The Morgan fingerprint density at radius 2 is 2.05 bits per heavy atom. The third-order valence-electron chi connectivity index (χ3n) is 2.89. The van der Waals surface area contributed by atoms with Crippen LogP contribution in [0.5, 0.6) is 0 Å². The van der Waals surface area contributed by atoms with E-state index in [0.717, 1.165) is 10.9 Å². The molecule has 2 aromatic rings. The van der Waals surface area contributed by atoms with Gasteiger partial charge < -0.3 is 10.6 Å². The second kappa shape index (κ2) is 5.73. The van der Waals surface area contributed by atoms with Crippen LogP contribution in [0.1, 0.15) is 24.3 Å². The molecule has 1 aromatic carbocycles. The fourth-order valence-corrected chi connectivity index (χ4v) is 2.12. The van der Waals surface area contributed by atoms with Gasteiger partial charge in [-0.05, 0) is 12.0 Å². The molecule has 0 bridgehead atoms. The number of H-pyrrole nitrogens is 1. The first kappa shape index (κ1) is 14.0.